The van der Waals surface area contributed by atoms with Gasteiger partial charge in [-0.3, -0.25) is 19.6 Å². The van der Waals surface area contributed by atoms with E-state index in [1.807, 2.05) is 6.07 Å². The number of amidine groups is 1. The quantitative estimate of drug-likeness (QED) is 0.884. The first-order valence-electron chi connectivity index (χ1n) is 9.80. The van der Waals surface area contributed by atoms with Crippen LogP contribution in [0.1, 0.15) is 25.3 Å². The Hall–Kier alpha value is -2.05. The first-order valence-corrected chi connectivity index (χ1v) is 9.80. The number of halogens is 1. The van der Waals surface area contributed by atoms with Crippen LogP contribution in [0.25, 0.3) is 0 Å². The standard InChI is InChI=1S/C21H27FN4O/c1-16-18(22)7-8-19(23-16)24-20(27)21(9-10-21)26-13-11-25(12-14-26)15-17-5-3-2-4-6-17/h2-8,16,18H,9-15H2,1H3,(H,23,24,27). The Kier molecular flexibility index (Phi) is 5.10. The molecule has 1 aliphatic carbocycles. The molecule has 1 aromatic rings. The zero-order valence-corrected chi connectivity index (χ0v) is 15.8. The van der Waals surface area contributed by atoms with Crippen molar-refractivity contribution in [3.8, 4) is 0 Å². The number of hydrogen-bond donors (Lipinski definition) is 1. The van der Waals surface area contributed by atoms with E-state index in [9.17, 15) is 9.18 Å². The molecule has 3 aliphatic rings. The molecule has 0 aromatic heterocycles. The summed E-state index contributed by atoms with van der Waals surface area (Å²) in [6, 6.07) is 10.1. The molecule has 6 heteroatoms. The lowest BCUT2D eigenvalue weighted by molar-refractivity contribution is -0.127. The van der Waals surface area contributed by atoms with Gasteiger partial charge in [0.05, 0.1) is 6.04 Å². The number of amides is 1. The van der Waals surface area contributed by atoms with Crippen molar-refractivity contribution in [2.45, 2.75) is 44.1 Å². The molecule has 27 heavy (non-hydrogen) atoms. The van der Waals surface area contributed by atoms with Gasteiger partial charge in [0.1, 0.15) is 17.5 Å². The Morgan fingerprint density at radius 3 is 2.56 bits per heavy atom. The Bertz CT molecular complexity index is 736. The van der Waals surface area contributed by atoms with E-state index in [4.69, 9.17) is 0 Å². The zero-order valence-electron chi connectivity index (χ0n) is 15.8. The summed E-state index contributed by atoms with van der Waals surface area (Å²) < 4.78 is 13.5. The SMILES string of the molecule is CC1N=C(NC(=O)C2(N3CCN(Cc4ccccc4)CC3)CC2)C=CC1F. The van der Waals surface area contributed by atoms with Crippen molar-refractivity contribution >= 4 is 11.7 Å². The smallest absolute Gasteiger partial charge is 0.246 e. The number of nitrogens with zero attached hydrogens (tertiary/aromatic N) is 3. The van der Waals surface area contributed by atoms with E-state index in [1.165, 1.54) is 11.6 Å². The monoisotopic (exact) mass is 370 g/mol. The predicted molar refractivity (Wildman–Crippen MR) is 104 cm³/mol. The largest absolute Gasteiger partial charge is 0.309 e. The van der Waals surface area contributed by atoms with Crippen LogP contribution in [0.2, 0.25) is 0 Å². The molecular weight excluding hydrogens is 343 g/mol. The molecule has 144 valence electrons. The highest BCUT2D eigenvalue weighted by Gasteiger charge is 2.55. The van der Waals surface area contributed by atoms with Gasteiger partial charge in [0.25, 0.3) is 0 Å². The first-order chi connectivity index (χ1) is 13.1. The van der Waals surface area contributed by atoms with Crippen LogP contribution in [-0.2, 0) is 11.3 Å². The lowest BCUT2D eigenvalue weighted by Gasteiger charge is -2.39. The van der Waals surface area contributed by atoms with Crippen LogP contribution in [0, 0.1) is 0 Å². The van der Waals surface area contributed by atoms with Gasteiger partial charge in [-0.1, -0.05) is 30.3 Å². The minimum atomic E-state index is -1.07. The maximum Gasteiger partial charge on any atom is 0.246 e. The number of alkyl halides is 1. The normalized spacial score (nSPS) is 27.9. The van der Waals surface area contributed by atoms with Crippen molar-refractivity contribution in [3.05, 3.63) is 48.0 Å². The van der Waals surface area contributed by atoms with E-state index in [0.717, 1.165) is 45.6 Å². The Morgan fingerprint density at radius 1 is 1.22 bits per heavy atom. The van der Waals surface area contributed by atoms with Gasteiger partial charge in [-0.05, 0) is 37.5 Å². The number of nitrogens with one attached hydrogen (secondary N) is 1. The van der Waals surface area contributed by atoms with Crippen molar-refractivity contribution in [3.63, 3.8) is 0 Å². The van der Waals surface area contributed by atoms with E-state index in [1.54, 1.807) is 13.0 Å². The fourth-order valence-corrected chi connectivity index (χ4v) is 3.97. The summed E-state index contributed by atoms with van der Waals surface area (Å²) in [7, 11) is 0. The van der Waals surface area contributed by atoms with Crippen molar-refractivity contribution in [1.29, 1.82) is 0 Å². The second-order valence-electron chi connectivity index (χ2n) is 7.79. The molecule has 0 radical (unpaired) electrons. The Balaban J connectivity index is 1.32. The summed E-state index contributed by atoms with van der Waals surface area (Å²) in [6.45, 7) is 6.39. The fraction of sp³-hybridized carbons (Fsp3) is 0.524. The number of piperazine rings is 1. The van der Waals surface area contributed by atoms with Gasteiger partial charge >= 0.3 is 0 Å². The van der Waals surface area contributed by atoms with E-state index >= 15 is 0 Å². The molecule has 2 atom stereocenters. The van der Waals surface area contributed by atoms with Crippen molar-refractivity contribution in [2.75, 3.05) is 26.2 Å². The average molecular weight is 370 g/mol. The summed E-state index contributed by atoms with van der Waals surface area (Å²) in [4.78, 5) is 21.9. The molecule has 1 N–H and O–H groups in total. The van der Waals surface area contributed by atoms with Gasteiger partial charge in [0.2, 0.25) is 5.91 Å². The summed E-state index contributed by atoms with van der Waals surface area (Å²) in [5.74, 6) is 0.488. The summed E-state index contributed by atoms with van der Waals surface area (Å²) in [5, 5.41) is 2.92. The molecule has 0 spiro atoms. The number of carbonyl (C=O) groups is 1. The first kappa shape index (κ1) is 18.3. The third-order valence-electron chi connectivity index (χ3n) is 5.86. The summed E-state index contributed by atoms with van der Waals surface area (Å²) >= 11 is 0. The molecule has 1 saturated heterocycles. The molecule has 2 heterocycles. The van der Waals surface area contributed by atoms with Crippen LogP contribution in [0.3, 0.4) is 0 Å². The number of carbonyl (C=O) groups excluding carboxylic acids is 1. The number of aliphatic imine (C=N–C) groups is 1. The van der Waals surface area contributed by atoms with Gasteiger partial charge in [0.15, 0.2) is 0 Å². The van der Waals surface area contributed by atoms with Crippen LogP contribution in [0.15, 0.2) is 47.5 Å². The maximum atomic E-state index is 13.5. The highest BCUT2D eigenvalue weighted by Crippen LogP contribution is 2.42. The van der Waals surface area contributed by atoms with Gasteiger partial charge in [-0.15, -0.1) is 0 Å². The molecule has 4 rings (SSSR count). The topological polar surface area (TPSA) is 47.9 Å². The molecule has 2 aliphatic heterocycles. The summed E-state index contributed by atoms with van der Waals surface area (Å²) in [5.41, 5.74) is 0.928. The van der Waals surface area contributed by atoms with E-state index in [-0.39, 0.29) is 5.91 Å². The fourth-order valence-electron chi connectivity index (χ4n) is 3.97. The minimum absolute atomic E-state index is 0.00641. The van der Waals surface area contributed by atoms with E-state index < -0.39 is 17.8 Å². The highest BCUT2D eigenvalue weighted by atomic mass is 19.1. The zero-order chi connectivity index (χ0) is 18.9. The number of rotatable bonds is 4. The van der Waals surface area contributed by atoms with E-state index in [0.29, 0.717) is 5.84 Å². The van der Waals surface area contributed by atoms with Crippen molar-refractivity contribution < 1.29 is 9.18 Å². The molecule has 0 bridgehead atoms. The lowest BCUT2D eigenvalue weighted by Crippen LogP contribution is -2.57. The highest BCUT2D eigenvalue weighted by molar-refractivity contribution is 6.08. The third-order valence-corrected chi connectivity index (χ3v) is 5.86. The molecular formula is C21H27FN4O. The third kappa shape index (κ3) is 3.96. The second-order valence-corrected chi connectivity index (χ2v) is 7.79. The van der Waals surface area contributed by atoms with Crippen LogP contribution in [0.5, 0.6) is 0 Å². The Morgan fingerprint density at radius 2 is 1.93 bits per heavy atom. The average Bonchev–Trinajstić information content (AvgIpc) is 3.48. The van der Waals surface area contributed by atoms with Crippen molar-refractivity contribution in [2.24, 2.45) is 4.99 Å². The molecule has 2 fully saturated rings. The molecule has 1 saturated carbocycles. The van der Waals surface area contributed by atoms with Gasteiger partial charge in [0, 0.05) is 32.7 Å². The van der Waals surface area contributed by atoms with Crippen molar-refractivity contribution in [1.82, 2.24) is 15.1 Å². The number of benzene rings is 1. The van der Waals surface area contributed by atoms with Gasteiger partial charge in [-0.25, -0.2) is 4.39 Å². The lowest BCUT2D eigenvalue weighted by atomic mass is 10.1. The van der Waals surface area contributed by atoms with Gasteiger partial charge in [-0.2, -0.15) is 0 Å². The summed E-state index contributed by atoms with van der Waals surface area (Å²) in [6.07, 6.45) is 3.75. The molecule has 1 aromatic carbocycles. The maximum absolute atomic E-state index is 13.5. The van der Waals surface area contributed by atoms with Crippen LogP contribution in [0.4, 0.5) is 4.39 Å². The molecule has 2 unspecified atom stereocenters. The van der Waals surface area contributed by atoms with Crippen LogP contribution < -0.4 is 5.32 Å². The van der Waals surface area contributed by atoms with Crippen LogP contribution in [-0.4, -0.2) is 65.5 Å². The number of dihydropyridines is 1. The minimum Gasteiger partial charge on any atom is -0.309 e. The second kappa shape index (κ2) is 7.52. The molecule has 1 amide bonds. The van der Waals surface area contributed by atoms with Gasteiger partial charge < -0.3 is 5.32 Å². The number of hydrogen-bond acceptors (Lipinski definition) is 4. The van der Waals surface area contributed by atoms with Crippen LogP contribution >= 0.6 is 0 Å². The predicted octanol–water partition coefficient (Wildman–Crippen LogP) is 2.15. The van der Waals surface area contributed by atoms with E-state index in [2.05, 4.69) is 44.4 Å². The molecule has 5 nitrogen and oxygen atoms in total. The Labute approximate surface area is 159 Å².